The lowest BCUT2D eigenvalue weighted by Crippen LogP contribution is -2.47. The lowest BCUT2D eigenvalue weighted by molar-refractivity contribution is 0.272. The largest absolute Gasteiger partial charge is 0.415 e. The first-order chi connectivity index (χ1) is 14.6. The first-order valence-corrected chi connectivity index (χ1v) is 12.4. The second kappa shape index (κ2) is 9.59. The van der Waals surface area contributed by atoms with Gasteiger partial charge in [0.2, 0.25) is 5.89 Å². The Morgan fingerprint density at radius 2 is 1.73 bits per heavy atom. The topological polar surface area (TPSA) is 92.4 Å². The fraction of sp³-hybridized carbons (Fsp3) is 0.350. The van der Waals surface area contributed by atoms with Gasteiger partial charge in [0.25, 0.3) is 5.22 Å². The molecule has 0 radical (unpaired) electrons. The van der Waals surface area contributed by atoms with E-state index in [1.54, 1.807) is 30.3 Å². The van der Waals surface area contributed by atoms with Crippen LogP contribution in [0.3, 0.4) is 0 Å². The molecule has 0 amide bonds. The van der Waals surface area contributed by atoms with Gasteiger partial charge in [-0.2, -0.15) is 0 Å². The third-order valence-electron chi connectivity index (χ3n) is 4.84. The molecule has 30 heavy (non-hydrogen) atoms. The van der Waals surface area contributed by atoms with E-state index >= 15 is 0 Å². The molecular formula is C20H23N5O3S2. The molecule has 10 heteroatoms. The minimum absolute atomic E-state index is 0.116. The van der Waals surface area contributed by atoms with Gasteiger partial charge < -0.3 is 9.32 Å². The third-order valence-corrected chi connectivity index (χ3v) is 7.26. The number of benzene rings is 1. The number of sulfone groups is 1. The van der Waals surface area contributed by atoms with E-state index in [0.717, 1.165) is 44.3 Å². The fourth-order valence-electron chi connectivity index (χ4n) is 3.23. The van der Waals surface area contributed by atoms with Gasteiger partial charge in [0.1, 0.15) is 11.6 Å². The molecule has 158 valence electrons. The highest BCUT2D eigenvalue weighted by atomic mass is 32.2. The van der Waals surface area contributed by atoms with E-state index in [1.165, 1.54) is 11.8 Å². The van der Waals surface area contributed by atoms with E-state index in [9.17, 15) is 8.42 Å². The first kappa shape index (κ1) is 20.8. The molecule has 0 atom stereocenters. The minimum Gasteiger partial charge on any atom is -0.415 e. The summed E-state index contributed by atoms with van der Waals surface area (Å²) >= 11 is 1.45. The highest BCUT2D eigenvalue weighted by Gasteiger charge is 2.20. The van der Waals surface area contributed by atoms with Crippen LogP contribution in [0.5, 0.6) is 0 Å². The van der Waals surface area contributed by atoms with Crippen molar-refractivity contribution in [2.75, 3.05) is 43.4 Å². The van der Waals surface area contributed by atoms with Crippen LogP contribution in [0, 0.1) is 0 Å². The average molecular weight is 446 g/mol. The molecule has 0 unspecified atom stereocenters. The van der Waals surface area contributed by atoms with Gasteiger partial charge in [-0.25, -0.2) is 13.4 Å². The van der Waals surface area contributed by atoms with E-state index in [2.05, 4.69) is 25.0 Å². The van der Waals surface area contributed by atoms with Crippen molar-refractivity contribution in [3.8, 4) is 0 Å². The zero-order valence-corrected chi connectivity index (χ0v) is 18.1. The van der Waals surface area contributed by atoms with E-state index < -0.39 is 9.84 Å². The van der Waals surface area contributed by atoms with Crippen LogP contribution in [-0.4, -0.2) is 67.0 Å². The van der Waals surface area contributed by atoms with Crippen LogP contribution in [0.4, 0.5) is 5.82 Å². The van der Waals surface area contributed by atoms with Crippen LogP contribution in [0.15, 0.2) is 69.3 Å². The molecule has 0 N–H and O–H groups in total. The van der Waals surface area contributed by atoms with E-state index in [1.807, 2.05) is 24.4 Å². The Hall–Kier alpha value is -2.43. The molecule has 0 saturated carbocycles. The van der Waals surface area contributed by atoms with Crippen molar-refractivity contribution in [3.05, 3.63) is 60.6 Å². The zero-order valence-electron chi connectivity index (χ0n) is 16.4. The third kappa shape index (κ3) is 5.38. The molecule has 0 aliphatic carbocycles. The van der Waals surface area contributed by atoms with Gasteiger partial charge in [-0.1, -0.05) is 36.0 Å². The summed E-state index contributed by atoms with van der Waals surface area (Å²) in [7, 11) is -3.49. The monoisotopic (exact) mass is 445 g/mol. The predicted molar refractivity (Wildman–Crippen MR) is 115 cm³/mol. The Labute approximate surface area is 180 Å². The Kier molecular flexibility index (Phi) is 6.66. The summed E-state index contributed by atoms with van der Waals surface area (Å²) < 4.78 is 30.4. The number of nitrogens with zero attached hydrogens (tertiary/aromatic N) is 5. The number of aromatic nitrogens is 3. The van der Waals surface area contributed by atoms with Crippen LogP contribution in [0.1, 0.15) is 5.89 Å². The summed E-state index contributed by atoms with van der Waals surface area (Å²) in [5.74, 6) is 1.65. The Morgan fingerprint density at radius 3 is 2.47 bits per heavy atom. The minimum atomic E-state index is -3.49. The van der Waals surface area contributed by atoms with E-state index in [-0.39, 0.29) is 16.5 Å². The molecule has 0 spiro atoms. The summed E-state index contributed by atoms with van der Waals surface area (Å²) in [5, 5.41) is 8.27. The Bertz CT molecular complexity index is 1040. The number of hydrogen-bond acceptors (Lipinski definition) is 9. The summed E-state index contributed by atoms with van der Waals surface area (Å²) in [5.41, 5.74) is 0. The summed E-state index contributed by atoms with van der Waals surface area (Å²) in [6, 6.07) is 14.3. The second-order valence-electron chi connectivity index (χ2n) is 6.90. The van der Waals surface area contributed by atoms with Crippen molar-refractivity contribution in [1.29, 1.82) is 0 Å². The van der Waals surface area contributed by atoms with Crippen LogP contribution in [0.25, 0.3) is 0 Å². The summed E-state index contributed by atoms with van der Waals surface area (Å²) in [6.07, 6.45) is 1.82. The van der Waals surface area contributed by atoms with E-state index in [4.69, 9.17) is 4.42 Å². The number of thioether (sulfide) groups is 1. The molecule has 8 nitrogen and oxygen atoms in total. The molecule has 0 bridgehead atoms. The number of rotatable bonds is 8. The molecule has 3 heterocycles. The number of pyridine rings is 1. The Balaban J connectivity index is 1.22. The van der Waals surface area contributed by atoms with Crippen molar-refractivity contribution in [3.63, 3.8) is 0 Å². The first-order valence-electron chi connectivity index (χ1n) is 9.71. The van der Waals surface area contributed by atoms with Gasteiger partial charge in [-0.15, -0.1) is 10.2 Å². The SMILES string of the molecule is O=S(=O)(Cc1nnc(SCCN2CCN(c3ccccn3)CC2)o1)c1ccccc1. The number of hydrogen-bond donors (Lipinski definition) is 0. The molecule has 1 aromatic carbocycles. The van der Waals surface area contributed by atoms with Crippen molar-refractivity contribution in [2.45, 2.75) is 15.9 Å². The average Bonchev–Trinajstić information content (AvgIpc) is 3.22. The fourth-order valence-corrected chi connectivity index (χ4v) is 5.19. The van der Waals surface area contributed by atoms with Crippen molar-refractivity contribution < 1.29 is 12.8 Å². The predicted octanol–water partition coefficient (Wildman–Crippen LogP) is 2.35. The molecule has 2 aromatic heterocycles. The molecule has 1 fully saturated rings. The standard InChI is InChI=1S/C20H23N5O3S2/c26-30(27,17-6-2-1-3-7-17)16-19-22-23-20(28-19)29-15-14-24-10-12-25(13-11-24)18-8-4-5-9-21-18/h1-9H,10-16H2. The molecular weight excluding hydrogens is 422 g/mol. The van der Waals surface area contributed by atoms with Crippen molar-refractivity contribution in [1.82, 2.24) is 20.1 Å². The maximum Gasteiger partial charge on any atom is 0.276 e. The highest BCUT2D eigenvalue weighted by Crippen LogP contribution is 2.20. The van der Waals surface area contributed by atoms with Gasteiger partial charge in [-0.05, 0) is 24.3 Å². The molecule has 3 aromatic rings. The van der Waals surface area contributed by atoms with Crippen LogP contribution in [-0.2, 0) is 15.6 Å². The molecule has 1 aliphatic heterocycles. The maximum absolute atomic E-state index is 12.4. The Morgan fingerprint density at radius 1 is 0.967 bits per heavy atom. The van der Waals surface area contributed by atoms with Crippen molar-refractivity contribution >= 4 is 27.4 Å². The van der Waals surface area contributed by atoms with Gasteiger partial charge in [-0.3, -0.25) is 4.90 Å². The summed E-state index contributed by atoms with van der Waals surface area (Å²) in [6.45, 7) is 4.75. The van der Waals surface area contributed by atoms with Crippen LogP contribution in [0.2, 0.25) is 0 Å². The quantitative estimate of drug-likeness (QED) is 0.484. The molecule has 1 aliphatic rings. The second-order valence-corrected chi connectivity index (χ2v) is 9.93. The van der Waals surface area contributed by atoms with E-state index in [0.29, 0.717) is 5.22 Å². The number of piperazine rings is 1. The molecule has 4 rings (SSSR count). The zero-order chi connectivity index (χ0) is 20.8. The summed E-state index contributed by atoms with van der Waals surface area (Å²) in [4.78, 5) is 9.35. The smallest absolute Gasteiger partial charge is 0.276 e. The number of anilines is 1. The highest BCUT2D eigenvalue weighted by molar-refractivity contribution is 7.99. The lowest BCUT2D eigenvalue weighted by atomic mass is 10.3. The van der Waals surface area contributed by atoms with Gasteiger partial charge >= 0.3 is 0 Å². The van der Waals surface area contributed by atoms with Crippen molar-refractivity contribution in [2.24, 2.45) is 0 Å². The molecule has 1 saturated heterocycles. The lowest BCUT2D eigenvalue weighted by Gasteiger charge is -2.35. The maximum atomic E-state index is 12.4. The van der Waals surface area contributed by atoms with Crippen LogP contribution >= 0.6 is 11.8 Å². The normalized spacial score (nSPS) is 15.4. The van der Waals surface area contributed by atoms with Gasteiger partial charge in [0.15, 0.2) is 9.84 Å². The van der Waals surface area contributed by atoms with Crippen LogP contribution < -0.4 is 4.90 Å². The van der Waals surface area contributed by atoms with Gasteiger partial charge in [0, 0.05) is 44.7 Å². The van der Waals surface area contributed by atoms with Gasteiger partial charge in [0.05, 0.1) is 4.90 Å².